The van der Waals surface area contributed by atoms with Crippen LogP contribution in [0.2, 0.25) is 0 Å². The number of hydrogen-bond donors (Lipinski definition) is 1. The maximum Gasteiger partial charge on any atom is 0.248 e. The molecule has 1 fully saturated rings. The van der Waals surface area contributed by atoms with Crippen molar-refractivity contribution in [3.8, 4) is 0 Å². The Kier molecular flexibility index (Phi) is 5.84. The van der Waals surface area contributed by atoms with E-state index in [1.54, 1.807) is 11.3 Å². The van der Waals surface area contributed by atoms with Gasteiger partial charge in [0.2, 0.25) is 5.92 Å². The molecule has 1 aromatic rings. The van der Waals surface area contributed by atoms with Crippen molar-refractivity contribution >= 4 is 11.3 Å². The molecule has 0 spiro atoms. The summed E-state index contributed by atoms with van der Waals surface area (Å²) in [4.78, 5) is 0. The molecule has 0 saturated heterocycles. The summed E-state index contributed by atoms with van der Waals surface area (Å²) in [6, 6.07) is 0. The second kappa shape index (κ2) is 7.41. The average molecular weight is 303 g/mol. The van der Waals surface area contributed by atoms with Crippen LogP contribution in [0.4, 0.5) is 8.78 Å². The number of nitrogens with one attached hydrogen (secondary N) is 1. The molecule has 3 nitrogen and oxygen atoms in total. The molecule has 6 heteroatoms. The summed E-state index contributed by atoms with van der Waals surface area (Å²) < 4.78 is 26.3. The van der Waals surface area contributed by atoms with E-state index in [0.29, 0.717) is 12.8 Å². The standard InChI is InChI=1S/C14H23F2N3S/c1-2-9-17-10-3-4-12-18-19-13(20-12)11-5-7-14(15,16)8-6-11/h11,17H,2-10H2,1H3. The molecule has 0 bridgehead atoms. The maximum absolute atomic E-state index is 13.1. The van der Waals surface area contributed by atoms with Gasteiger partial charge >= 0.3 is 0 Å². The van der Waals surface area contributed by atoms with Crippen LogP contribution in [0.25, 0.3) is 0 Å². The van der Waals surface area contributed by atoms with Gasteiger partial charge in [-0.3, -0.25) is 0 Å². The Bertz CT molecular complexity index is 399. The second-order valence-electron chi connectivity index (χ2n) is 5.52. The highest BCUT2D eigenvalue weighted by Gasteiger charge is 2.36. The number of rotatable bonds is 7. The van der Waals surface area contributed by atoms with E-state index in [0.717, 1.165) is 42.4 Å². The molecule has 20 heavy (non-hydrogen) atoms. The molecule has 1 N–H and O–H groups in total. The zero-order valence-corrected chi connectivity index (χ0v) is 12.8. The van der Waals surface area contributed by atoms with E-state index in [4.69, 9.17) is 0 Å². The first-order valence-electron chi connectivity index (χ1n) is 7.51. The van der Waals surface area contributed by atoms with Crippen LogP contribution < -0.4 is 5.32 Å². The molecule has 1 saturated carbocycles. The number of nitrogens with zero attached hydrogens (tertiary/aromatic N) is 2. The van der Waals surface area contributed by atoms with Crippen LogP contribution in [0.5, 0.6) is 0 Å². The molecule has 114 valence electrons. The van der Waals surface area contributed by atoms with Crippen LogP contribution in [0.15, 0.2) is 0 Å². The van der Waals surface area contributed by atoms with Gasteiger partial charge in [0.25, 0.3) is 0 Å². The van der Waals surface area contributed by atoms with Gasteiger partial charge in [-0.05, 0) is 38.8 Å². The summed E-state index contributed by atoms with van der Waals surface area (Å²) in [6.07, 6.45) is 4.20. The Labute approximate surface area is 123 Å². The van der Waals surface area contributed by atoms with E-state index >= 15 is 0 Å². The highest BCUT2D eigenvalue weighted by molar-refractivity contribution is 7.11. The van der Waals surface area contributed by atoms with Crippen molar-refractivity contribution < 1.29 is 8.78 Å². The lowest BCUT2D eigenvalue weighted by Crippen LogP contribution is -2.23. The third kappa shape index (κ3) is 4.74. The minimum atomic E-state index is -2.46. The van der Waals surface area contributed by atoms with Crippen LogP contribution in [0.3, 0.4) is 0 Å². The Hall–Kier alpha value is -0.620. The van der Waals surface area contributed by atoms with Gasteiger partial charge in [0.15, 0.2) is 0 Å². The normalized spacial score (nSPS) is 19.4. The zero-order valence-electron chi connectivity index (χ0n) is 12.0. The van der Waals surface area contributed by atoms with Crippen molar-refractivity contribution in [2.24, 2.45) is 0 Å². The number of halogens is 2. The monoisotopic (exact) mass is 303 g/mol. The number of aromatic nitrogens is 2. The van der Waals surface area contributed by atoms with E-state index in [1.165, 1.54) is 0 Å². The Balaban J connectivity index is 1.75. The quantitative estimate of drug-likeness (QED) is 0.779. The van der Waals surface area contributed by atoms with Gasteiger partial charge in [-0.2, -0.15) is 0 Å². The van der Waals surface area contributed by atoms with Crippen LogP contribution in [0.1, 0.15) is 61.4 Å². The molecule has 0 unspecified atom stereocenters. The molecule has 1 aliphatic rings. The van der Waals surface area contributed by atoms with Crippen molar-refractivity contribution in [2.45, 2.75) is 63.7 Å². The first kappa shape index (κ1) is 15.8. The van der Waals surface area contributed by atoms with E-state index in [9.17, 15) is 8.78 Å². The fraction of sp³-hybridized carbons (Fsp3) is 0.857. The lowest BCUT2D eigenvalue weighted by Gasteiger charge is -2.26. The zero-order chi connectivity index (χ0) is 14.4. The first-order valence-corrected chi connectivity index (χ1v) is 8.33. The summed E-state index contributed by atoms with van der Waals surface area (Å²) in [6.45, 7) is 4.20. The number of alkyl halides is 2. The predicted octanol–water partition coefficient (Wildman–Crippen LogP) is 3.76. The second-order valence-corrected chi connectivity index (χ2v) is 6.61. The van der Waals surface area contributed by atoms with E-state index in [2.05, 4.69) is 22.4 Å². The van der Waals surface area contributed by atoms with Gasteiger partial charge in [0, 0.05) is 25.2 Å². The van der Waals surface area contributed by atoms with Gasteiger partial charge in [0.05, 0.1) is 0 Å². The third-order valence-corrected chi connectivity index (χ3v) is 4.87. The van der Waals surface area contributed by atoms with Gasteiger partial charge in [0.1, 0.15) is 10.0 Å². The fourth-order valence-corrected chi connectivity index (χ4v) is 3.54. The lowest BCUT2D eigenvalue weighted by atomic mass is 9.87. The predicted molar refractivity (Wildman–Crippen MR) is 77.5 cm³/mol. The van der Waals surface area contributed by atoms with Crippen LogP contribution in [0, 0.1) is 0 Å². The van der Waals surface area contributed by atoms with E-state index < -0.39 is 5.92 Å². The molecule has 0 amide bonds. The smallest absolute Gasteiger partial charge is 0.248 e. The number of aryl methyl sites for hydroxylation is 1. The van der Waals surface area contributed by atoms with Crippen LogP contribution in [-0.2, 0) is 6.42 Å². The summed E-state index contributed by atoms with van der Waals surface area (Å²) in [5.74, 6) is -2.27. The average Bonchev–Trinajstić information content (AvgIpc) is 2.87. The number of hydrogen-bond acceptors (Lipinski definition) is 4. The first-order chi connectivity index (χ1) is 9.61. The summed E-state index contributed by atoms with van der Waals surface area (Å²) in [5, 5.41) is 13.8. The fourth-order valence-electron chi connectivity index (χ4n) is 2.49. The molecule has 0 aliphatic heterocycles. The third-order valence-electron chi connectivity index (χ3n) is 3.72. The molecule has 2 rings (SSSR count). The molecular formula is C14H23F2N3S. The Morgan fingerprint density at radius 3 is 2.70 bits per heavy atom. The van der Waals surface area contributed by atoms with E-state index in [1.807, 2.05) is 0 Å². The minimum absolute atomic E-state index is 0.00643. The molecular weight excluding hydrogens is 280 g/mol. The SMILES string of the molecule is CCCNCCCc1nnc(C2CCC(F)(F)CC2)s1. The Morgan fingerprint density at radius 1 is 1.25 bits per heavy atom. The topological polar surface area (TPSA) is 37.8 Å². The molecule has 0 radical (unpaired) electrons. The van der Waals surface area contributed by atoms with E-state index in [-0.39, 0.29) is 18.8 Å². The highest BCUT2D eigenvalue weighted by Crippen LogP contribution is 2.41. The van der Waals surface area contributed by atoms with Gasteiger partial charge in [-0.1, -0.05) is 6.92 Å². The lowest BCUT2D eigenvalue weighted by molar-refractivity contribution is -0.0382. The van der Waals surface area contributed by atoms with Crippen molar-refractivity contribution in [1.82, 2.24) is 15.5 Å². The van der Waals surface area contributed by atoms with Crippen molar-refractivity contribution in [3.05, 3.63) is 10.0 Å². The Morgan fingerprint density at radius 2 is 2.00 bits per heavy atom. The molecule has 1 aliphatic carbocycles. The molecule has 1 heterocycles. The summed E-state index contributed by atoms with van der Waals surface area (Å²) >= 11 is 1.61. The van der Waals surface area contributed by atoms with Gasteiger partial charge in [-0.15, -0.1) is 21.5 Å². The largest absolute Gasteiger partial charge is 0.317 e. The van der Waals surface area contributed by atoms with Gasteiger partial charge < -0.3 is 5.32 Å². The highest BCUT2D eigenvalue weighted by atomic mass is 32.1. The van der Waals surface area contributed by atoms with Crippen molar-refractivity contribution in [3.63, 3.8) is 0 Å². The molecule has 1 aromatic heterocycles. The molecule has 0 aromatic carbocycles. The van der Waals surface area contributed by atoms with Crippen molar-refractivity contribution in [1.29, 1.82) is 0 Å². The van der Waals surface area contributed by atoms with Crippen LogP contribution in [-0.4, -0.2) is 29.2 Å². The van der Waals surface area contributed by atoms with Gasteiger partial charge in [-0.25, -0.2) is 8.78 Å². The summed E-state index contributed by atoms with van der Waals surface area (Å²) in [5.41, 5.74) is 0. The summed E-state index contributed by atoms with van der Waals surface area (Å²) in [7, 11) is 0. The van der Waals surface area contributed by atoms with Crippen molar-refractivity contribution in [2.75, 3.05) is 13.1 Å². The molecule has 0 atom stereocenters. The maximum atomic E-state index is 13.1. The van der Waals surface area contributed by atoms with Crippen LogP contribution >= 0.6 is 11.3 Å². The minimum Gasteiger partial charge on any atom is -0.317 e.